The smallest absolute Gasteiger partial charge is 0.189 e. The molecule has 0 amide bonds. The standard InChI is InChI=1S/C12H16N4OS/c1-8-9(2)18-12(15-8)5-11(17)10-6-16(4-3-13)7-14-10/h6-7H,3-5,13H2,1-2H3. The summed E-state index contributed by atoms with van der Waals surface area (Å²) in [6.07, 6.45) is 3.69. The summed E-state index contributed by atoms with van der Waals surface area (Å²) in [6, 6.07) is 0. The highest BCUT2D eigenvalue weighted by molar-refractivity contribution is 7.11. The maximum Gasteiger partial charge on any atom is 0.189 e. The van der Waals surface area contributed by atoms with Gasteiger partial charge in [0, 0.05) is 24.2 Å². The molecule has 0 atom stereocenters. The minimum atomic E-state index is -0.000443. The quantitative estimate of drug-likeness (QED) is 0.827. The van der Waals surface area contributed by atoms with Crippen molar-refractivity contribution >= 4 is 17.1 Å². The second-order valence-corrected chi connectivity index (χ2v) is 5.42. The van der Waals surface area contributed by atoms with Gasteiger partial charge in [-0.2, -0.15) is 0 Å². The van der Waals surface area contributed by atoms with Gasteiger partial charge in [0.1, 0.15) is 10.7 Å². The van der Waals surface area contributed by atoms with Crippen molar-refractivity contribution in [3.63, 3.8) is 0 Å². The number of rotatable bonds is 5. The van der Waals surface area contributed by atoms with Gasteiger partial charge in [-0.05, 0) is 13.8 Å². The average molecular weight is 264 g/mol. The van der Waals surface area contributed by atoms with Crippen LogP contribution >= 0.6 is 11.3 Å². The van der Waals surface area contributed by atoms with Crippen LogP contribution in [0.25, 0.3) is 0 Å². The van der Waals surface area contributed by atoms with E-state index in [1.165, 1.54) is 0 Å². The number of carbonyl (C=O) groups excluding carboxylic acids is 1. The Balaban J connectivity index is 2.06. The fraction of sp³-hybridized carbons (Fsp3) is 0.417. The van der Waals surface area contributed by atoms with E-state index in [0.717, 1.165) is 15.6 Å². The Morgan fingerprint density at radius 1 is 1.50 bits per heavy atom. The van der Waals surface area contributed by atoms with Crippen LogP contribution in [0.4, 0.5) is 0 Å². The van der Waals surface area contributed by atoms with Gasteiger partial charge in [0.05, 0.1) is 18.4 Å². The van der Waals surface area contributed by atoms with Gasteiger partial charge in [-0.1, -0.05) is 0 Å². The third-order valence-electron chi connectivity index (χ3n) is 2.69. The first-order chi connectivity index (χ1) is 8.60. The van der Waals surface area contributed by atoms with E-state index in [1.54, 1.807) is 23.9 Å². The number of ketones is 1. The van der Waals surface area contributed by atoms with Crippen molar-refractivity contribution in [2.75, 3.05) is 6.54 Å². The molecule has 0 unspecified atom stereocenters. The highest BCUT2D eigenvalue weighted by Crippen LogP contribution is 2.18. The lowest BCUT2D eigenvalue weighted by Crippen LogP contribution is -2.08. The lowest BCUT2D eigenvalue weighted by Gasteiger charge is -1.95. The molecule has 0 aliphatic carbocycles. The van der Waals surface area contributed by atoms with Crippen molar-refractivity contribution < 1.29 is 4.79 Å². The molecule has 0 bridgehead atoms. The molecule has 0 fully saturated rings. The number of thiazole rings is 1. The second-order valence-electron chi connectivity index (χ2n) is 4.13. The molecule has 0 aliphatic rings. The second kappa shape index (κ2) is 5.41. The molecule has 2 aromatic heterocycles. The Bertz CT molecular complexity index is 539. The molecule has 2 rings (SSSR count). The first-order valence-electron chi connectivity index (χ1n) is 5.78. The average Bonchev–Trinajstić information content (AvgIpc) is 2.88. The van der Waals surface area contributed by atoms with Crippen molar-refractivity contribution in [3.8, 4) is 0 Å². The normalized spacial score (nSPS) is 10.8. The van der Waals surface area contributed by atoms with Gasteiger partial charge < -0.3 is 10.3 Å². The lowest BCUT2D eigenvalue weighted by molar-refractivity contribution is 0.0988. The molecule has 2 N–H and O–H groups in total. The summed E-state index contributed by atoms with van der Waals surface area (Å²) in [5, 5.41) is 0.850. The fourth-order valence-electron chi connectivity index (χ4n) is 1.62. The van der Waals surface area contributed by atoms with Crippen LogP contribution in [0, 0.1) is 13.8 Å². The van der Waals surface area contributed by atoms with Gasteiger partial charge in [0.2, 0.25) is 0 Å². The Labute approximate surface area is 110 Å². The molecule has 0 aromatic carbocycles. The van der Waals surface area contributed by atoms with Crippen LogP contribution < -0.4 is 5.73 Å². The number of hydrogen-bond donors (Lipinski definition) is 1. The number of nitrogens with zero attached hydrogens (tertiary/aromatic N) is 3. The van der Waals surface area contributed by atoms with Crippen LogP contribution in [-0.4, -0.2) is 26.9 Å². The van der Waals surface area contributed by atoms with Gasteiger partial charge in [-0.3, -0.25) is 4.79 Å². The third kappa shape index (κ3) is 2.83. The summed E-state index contributed by atoms with van der Waals surface area (Å²) in [6.45, 7) is 5.18. The van der Waals surface area contributed by atoms with Crippen LogP contribution in [0.1, 0.15) is 26.1 Å². The number of hydrogen-bond acceptors (Lipinski definition) is 5. The first kappa shape index (κ1) is 12.9. The Kier molecular flexibility index (Phi) is 3.88. The maximum absolute atomic E-state index is 12.0. The number of imidazole rings is 1. The van der Waals surface area contributed by atoms with E-state index in [-0.39, 0.29) is 5.78 Å². The van der Waals surface area contributed by atoms with Crippen molar-refractivity contribution in [3.05, 3.63) is 33.8 Å². The molecule has 0 aliphatic heterocycles. The van der Waals surface area contributed by atoms with Crippen LogP contribution in [0.2, 0.25) is 0 Å². The van der Waals surface area contributed by atoms with E-state index in [9.17, 15) is 4.79 Å². The molecule has 18 heavy (non-hydrogen) atoms. The summed E-state index contributed by atoms with van der Waals surface area (Å²) in [5.41, 5.74) is 6.92. The molecule has 2 aromatic rings. The van der Waals surface area contributed by atoms with E-state index in [2.05, 4.69) is 9.97 Å². The van der Waals surface area contributed by atoms with E-state index < -0.39 is 0 Å². The van der Waals surface area contributed by atoms with Crippen molar-refractivity contribution in [2.45, 2.75) is 26.8 Å². The molecule has 0 radical (unpaired) electrons. The number of carbonyl (C=O) groups is 1. The number of nitrogens with two attached hydrogens (primary N) is 1. The summed E-state index contributed by atoms with van der Waals surface area (Å²) >= 11 is 1.57. The largest absolute Gasteiger partial charge is 0.335 e. The van der Waals surface area contributed by atoms with Crippen molar-refractivity contribution in [1.82, 2.24) is 14.5 Å². The molecule has 6 heteroatoms. The Morgan fingerprint density at radius 2 is 2.28 bits per heavy atom. The van der Waals surface area contributed by atoms with E-state index >= 15 is 0 Å². The predicted octanol–water partition coefficient (Wildman–Crippen LogP) is 1.34. The molecular formula is C12H16N4OS. The summed E-state index contributed by atoms with van der Waals surface area (Å²) in [4.78, 5) is 21.6. The summed E-state index contributed by atoms with van der Waals surface area (Å²) in [7, 11) is 0. The van der Waals surface area contributed by atoms with Crippen LogP contribution in [0.3, 0.4) is 0 Å². The van der Waals surface area contributed by atoms with Crippen molar-refractivity contribution in [2.24, 2.45) is 5.73 Å². The lowest BCUT2D eigenvalue weighted by atomic mass is 10.2. The molecule has 0 spiro atoms. The monoisotopic (exact) mass is 264 g/mol. The van der Waals surface area contributed by atoms with E-state index in [4.69, 9.17) is 5.73 Å². The van der Waals surface area contributed by atoms with Crippen molar-refractivity contribution in [1.29, 1.82) is 0 Å². The maximum atomic E-state index is 12.0. The summed E-state index contributed by atoms with van der Waals surface area (Å²) in [5.74, 6) is -0.000443. The number of Topliss-reactive ketones (excluding diaryl/α,β-unsaturated/α-hetero) is 1. The summed E-state index contributed by atoms with van der Waals surface area (Å²) < 4.78 is 1.82. The Morgan fingerprint density at radius 3 is 2.89 bits per heavy atom. The van der Waals surface area contributed by atoms with Crippen LogP contribution in [0.15, 0.2) is 12.5 Å². The third-order valence-corrected chi connectivity index (χ3v) is 3.76. The zero-order chi connectivity index (χ0) is 13.1. The minimum absolute atomic E-state index is 0.000443. The molecule has 2 heterocycles. The highest BCUT2D eigenvalue weighted by Gasteiger charge is 2.13. The molecule has 0 saturated carbocycles. The predicted molar refractivity (Wildman–Crippen MR) is 70.9 cm³/mol. The zero-order valence-corrected chi connectivity index (χ0v) is 11.3. The molecule has 0 saturated heterocycles. The van der Waals surface area contributed by atoms with Gasteiger partial charge >= 0.3 is 0 Å². The molecule has 5 nitrogen and oxygen atoms in total. The van der Waals surface area contributed by atoms with Gasteiger partial charge in [-0.25, -0.2) is 9.97 Å². The SMILES string of the molecule is Cc1nc(CC(=O)c2cn(CCN)cn2)sc1C. The molecule has 96 valence electrons. The zero-order valence-electron chi connectivity index (χ0n) is 10.5. The molecular weight excluding hydrogens is 248 g/mol. The number of aromatic nitrogens is 3. The Hall–Kier alpha value is -1.53. The van der Waals surface area contributed by atoms with Crippen LogP contribution in [0.5, 0.6) is 0 Å². The minimum Gasteiger partial charge on any atom is -0.335 e. The number of aryl methyl sites for hydroxylation is 2. The van der Waals surface area contributed by atoms with E-state index in [0.29, 0.717) is 25.2 Å². The highest BCUT2D eigenvalue weighted by atomic mass is 32.1. The van der Waals surface area contributed by atoms with Gasteiger partial charge in [-0.15, -0.1) is 11.3 Å². The van der Waals surface area contributed by atoms with Crippen LogP contribution in [-0.2, 0) is 13.0 Å². The first-order valence-corrected chi connectivity index (χ1v) is 6.59. The fourth-order valence-corrected chi connectivity index (χ4v) is 2.55. The van der Waals surface area contributed by atoms with Gasteiger partial charge in [0.25, 0.3) is 0 Å². The van der Waals surface area contributed by atoms with E-state index in [1.807, 2.05) is 18.4 Å². The van der Waals surface area contributed by atoms with Gasteiger partial charge in [0.15, 0.2) is 5.78 Å². The topological polar surface area (TPSA) is 73.8 Å².